The quantitative estimate of drug-likeness (QED) is 0.864. The highest BCUT2D eigenvalue weighted by Crippen LogP contribution is 2.46. The van der Waals surface area contributed by atoms with Gasteiger partial charge in [0.15, 0.2) is 0 Å². The van der Waals surface area contributed by atoms with Gasteiger partial charge in [-0.15, -0.1) is 13.2 Å². The predicted octanol–water partition coefficient (Wildman–Crippen LogP) is 3.04. The van der Waals surface area contributed by atoms with Gasteiger partial charge in [0.05, 0.1) is 5.41 Å². The molecule has 1 aliphatic rings. The first-order chi connectivity index (χ1) is 8.73. The van der Waals surface area contributed by atoms with Crippen LogP contribution >= 0.6 is 0 Å². The van der Waals surface area contributed by atoms with Gasteiger partial charge in [-0.2, -0.15) is 0 Å². The van der Waals surface area contributed by atoms with Crippen LogP contribution in [0.4, 0.5) is 17.6 Å². The summed E-state index contributed by atoms with van der Waals surface area (Å²) in [5, 5.41) is 9.13. The lowest BCUT2D eigenvalue weighted by Crippen LogP contribution is -2.48. The number of carbonyl (C=O) groups is 1. The van der Waals surface area contributed by atoms with Crippen LogP contribution in [-0.2, 0) is 10.2 Å². The maximum atomic E-state index is 12.9. The van der Waals surface area contributed by atoms with E-state index in [4.69, 9.17) is 5.11 Å². The zero-order valence-electron chi connectivity index (χ0n) is 9.58. The van der Waals surface area contributed by atoms with Crippen LogP contribution in [-0.4, -0.2) is 23.6 Å². The topological polar surface area (TPSA) is 46.5 Å². The molecule has 0 amide bonds. The van der Waals surface area contributed by atoms with Gasteiger partial charge in [-0.3, -0.25) is 4.79 Å². The highest BCUT2D eigenvalue weighted by atomic mass is 19.4. The number of halogens is 4. The SMILES string of the molecule is O=C(O)C1(c2ccc(OC(F)(F)F)cc2)CC(F)C1. The Bertz CT molecular complexity index is 475. The van der Waals surface area contributed by atoms with Gasteiger partial charge in [-0.25, -0.2) is 4.39 Å². The number of carboxylic acid groups (broad SMARTS) is 1. The van der Waals surface area contributed by atoms with E-state index in [0.717, 1.165) is 12.1 Å². The first-order valence-corrected chi connectivity index (χ1v) is 5.47. The molecule has 1 aromatic carbocycles. The van der Waals surface area contributed by atoms with E-state index in [-0.39, 0.29) is 18.4 Å². The van der Waals surface area contributed by atoms with Crippen molar-refractivity contribution in [3.8, 4) is 5.75 Å². The summed E-state index contributed by atoms with van der Waals surface area (Å²) < 4.78 is 52.5. The van der Waals surface area contributed by atoms with Gasteiger partial charge in [0, 0.05) is 0 Å². The van der Waals surface area contributed by atoms with E-state index in [0.29, 0.717) is 0 Å². The summed E-state index contributed by atoms with van der Waals surface area (Å²) in [5.41, 5.74) is -1.06. The summed E-state index contributed by atoms with van der Waals surface area (Å²) in [5.74, 6) is -1.61. The second-order valence-corrected chi connectivity index (χ2v) is 4.46. The standard InChI is InChI=1S/C12H10F4O3/c13-8-5-11(6-8,10(17)18)7-1-3-9(4-2-7)19-12(14,15)16/h1-4,8H,5-6H2,(H,17,18). The highest BCUT2D eigenvalue weighted by Gasteiger charge is 2.52. The number of benzene rings is 1. The normalized spacial score (nSPS) is 26.6. The molecule has 7 heteroatoms. The van der Waals surface area contributed by atoms with Gasteiger partial charge < -0.3 is 9.84 Å². The van der Waals surface area contributed by atoms with Crippen molar-refractivity contribution >= 4 is 5.97 Å². The van der Waals surface area contributed by atoms with Crippen molar-refractivity contribution in [3.05, 3.63) is 29.8 Å². The lowest BCUT2D eigenvalue weighted by molar-refractivity contribution is -0.274. The Balaban J connectivity index is 2.20. The largest absolute Gasteiger partial charge is 0.573 e. The lowest BCUT2D eigenvalue weighted by atomic mass is 9.63. The third-order valence-electron chi connectivity index (χ3n) is 3.19. The van der Waals surface area contributed by atoms with Crippen LogP contribution in [0.2, 0.25) is 0 Å². The molecule has 1 aromatic rings. The Morgan fingerprint density at radius 2 is 1.79 bits per heavy atom. The van der Waals surface area contributed by atoms with Crippen LogP contribution in [0.3, 0.4) is 0 Å². The first kappa shape index (κ1) is 13.6. The van der Waals surface area contributed by atoms with E-state index in [1.54, 1.807) is 0 Å². The first-order valence-electron chi connectivity index (χ1n) is 5.47. The van der Waals surface area contributed by atoms with Crippen LogP contribution in [0.15, 0.2) is 24.3 Å². The van der Waals surface area contributed by atoms with Gasteiger partial charge in [0.2, 0.25) is 0 Å². The minimum Gasteiger partial charge on any atom is -0.481 e. The zero-order valence-corrected chi connectivity index (χ0v) is 9.58. The average Bonchev–Trinajstić information content (AvgIpc) is 2.23. The maximum absolute atomic E-state index is 12.9. The Kier molecular flexibility index (Phi) is 3.15. The predicted molar refractivity (Wildman–Crippen MR) is 56.6 cm³/mol. The second-order valence-electron chi connectivity index (χ2n) is 4.46. The van der Waals surface area contributed by atoms with E-state index >= 15 is 0 Å². The van der Waals surface area contributed by atoms with E-state index in [2.05, 4.69) is 4.74 Å². The minimum absolute atomic E-state index is 0.165. The fraction of sp³-hybridized carbons (Fsp3) is 0.417. The van der Waals surface area contributed by atoms with Crippen molar-refractivity contribution in [2.45, 2.75) is 30.8 Å². The number of carboxylic acids is 1. The van der Waals surface area contributed by atoms with Crippen LogP contribution < -0.4 is 4.74 Å². The summed E-state index contributed by atoms with van der Waals surface area (Å²) in [6.07, 6.45) is -6.32. The van der Waals surface area contributed by atoms with E-state index < -0.39 is 29.7 Å². The smallest absolute Gasteiger partial charge is 0.481 e. The summed E-state index contributed by atoms with van der Waals surface area (Å²) in [4.78, 5) is 11.2. The number of alkyl halides is 4. The zero-order chi connectivity index (χ0) is 14.3. The van der Waals surface area contributed by atoms with Crippen molar-refractivity contribution < 1.29 is 32.2 Å². The van der Waals surface area contributed by atoms with Crippen LogP contribution in [0.1, 0.15) is 18.4 Å². The molecule has 0 atom stereocenters. The van der Waals surface area contributed by atoms with E-state index in [1.807, 2.05) is 0 Å². The van der Waals surface area contributed by atoms with Crippen molar-refractivity contribution in [2.24, 2.45) is 0 Å². The highest BCUT2D eigenvalue weighted by molar-refractivity contribution is 5.83. The fourth-order valence-corrected chi connectivity index (χ4v) is 2.21. The second kappa shape index (κ2) is 4.40. The number of hydrogen-bond acceptors (Lipinski definition) is 2. The summed E-state index contributed by atoms with van der Waals surface area (Å²) in [6, 6.07) is 4.50. The van der Waals surface area contributed by atoms with Gasteiger partial charge >= 0.3 is 12.3 Å². The van der Waals surface area contributed by atoms with Crippen molar-refractivity contribution in [1.82, 2.24) is 0 Å². The Morgan fingerprint density at radius 3 is 2.16 bits per heavy atom. The molecule has 0 saturated heterocycles. The summed E-state index contributed by atoms with van der Waals surface area (Å²) in [7, 11) is 0. The van der Waals surface area contributed by atoms with Crippen molar-refractivity contribution in [1.29, 1.82) is 0 Å². The molecule has 0 spiro atoms. The molecule has 2 rings (SSSR count). The van der Waals surface area contributed by atoms with Crippen LogP contribution in [0, 0.1) is 0 Å². The van der Waals surface area contributed by atoms with E-state index in [9.17, 15) is 22.4 Å². The molecule has 0 heterocycles. The van der Waals surface area contributed by atoms with Gasteiger partial charge in [0.25, 0.3) is 0 Å². The number of aliphatic carboxylic acids is 1. The molecule has 104 valence electrons. The number of hydrogen-bond donors (Lipinski definition) is 1. The maximum Gasteiger partial charge on any atom is 0.573 e. The van der Waals surface area contributed by atoms with Crippen molar-refractivity contribution in [2.75, 3.05) is 0 Å². The molecule has 1 aliphatic carbocycles. The molecule has 1 fully saturated rings. The molecule has 0 aliphatic heterocycles. The van der Waals surface area contributed by atoms with Crippen LogP contribution in [0.5, 0.6) is 5.75 Å². The summed E-state index contributed by atoms with van der Waals surface area (Å²) >= 11 is 0. The molecule has 19 heavy (non-hydrogen) atoms. The molecular weight excluding hydrogens is 268 g/mol. The van der Waals surface area contributed by atoms with Crippen LogP contribution in [0.25, 0.3) is 0 Å². The Labute approximate surface area is 105 Å². The Morgan fingerprint density at radius 1 is 1.26 bits per heavy atom. The molecule has 3 nitrogen and oxygen atoms in total. The Hall–Kier alpha value is -1.79. The molecule has 1 N–H and O–H groups in total. The van der Waals surface area contributed by atoms with Crippen molar-refractivity contribution in [3.63, 3.8) is 0 Å². The van der Waals surface area contributed by atoms with Gasteiger partial charge in [0.1, 0.15) is 11.9 Å². The third-order valence-corrected chi connectivity index (χ3v) is 3.19. The molecule has 1 saturated carbocycles. The molecular formula is C12H10F4O3. The molecule has 0 unspecified atom stereocenters. The molecule has 0 bridgehead atoms. The fourth-order valence-electron chi connectivity index (χ4n) is 2.21. The van der Waals surface area contributed by atoms with E-state index in [1.165, 1.54) is 12.1 Å². The lowest BCUT2D eigenvalue weighted by Gasteiger charge is -2.40. The number of rotatable bonds is 3. The average molecular weight is 278 g/mol. The molecule has 0 aromatic heterocycles. The minimum atomic E-state index is -4.80. The third kappa shape index (κ3) is 2.64. The number of ether oxygens (including phenoxy) is 1. The molecule has 0 radical (unpaired) electrons. The van der Waals surface area contributed by atoms with Gasteiger partial charge in [-0.1, -0.05) is 12.1 Å². The summed E-state index contributed by atoms with van der Waals surface area (Å²) in [6.45, 7) is 0. The van der Waals surface area contributed by atoms with Gasteiger partial charge in [-0.05, 0) is 30.5 Å². The monoisotopic (exact) mass is 278 g/mol.